The fraction of sp³-hybridized carbons (Fsp3) is 0. The first-order valence-electron chi connectivity index (χ1n) is 5.80. The van der Waals surface area contributed by atoms with Crippen LogP contribution in [0.5, 0.6) is 11.5 Å². The number of hydrogen-bond acceptors (Lipinski definition) is 2. The van der Waals surface area contributed by atoms with Crippen LogP contribution in [-0.2, 0) is 4.79 Å². The highest BCUT2D eigenvalue weighted by molar-refractivity contribution is 9.10. The van der Waals surface area contributed by atoms with Gasteiger partial charge in [-0.15, -0.1) is 0 Å². The van der Waals surface area contributed by atoms with Crippen molar-refractivity contribution in [3.63, 3.8) is 0 Å². The minimum Gasteiger partial charge on any atom is -0.478 e. The summed E-state index contributed by atoms with van der Waals surface area (Å²) in [6.07, 6.45) is 2.47. The van der Waals surface area contributed by atoms with E-state index in [1.807, 2.05) is 0 Å². The summed E-state index contributed by atoms with van der Waals surface area (Å²) in [5, 5.41) is 8.57. The molecule has 0 radical (unpaired) electrons. The van der Waals surface area contributed by atoms with Crippen molar-refractivity contribution in [1.29, 1.82) is 0 Å². The highest BCUT2D eigenvalue weighted by Gasteiger charge is 2.09. The number of hydrogen-bond donors (Lipinski definition) is 1. The lowest BCUT2D eigenvalue weighted by Gasteiger charge is -2.09. The Bertz CT molecular complexity index is 716. The fourth-order valence-corrected chi connectivity index (χ4v) is 2.21. The lowest BCUT2D eigenvalue weighted by Crippen LogP contribution is -1.90. The number of halogens is 3. The van der Waals surface area contributed by atoms with Crippen molar-refractivity contribution in [2.45, 2.75) is 0 Å². The topological polar surface area (TPSA) is 46.5 Å². The van der Waals surface area contributed by atoms with Crippen molar-refractivity contribution in [1.82, 2.24) is 0 Å². The van der Waals surface area contributed by atoms with E-state index in [1.165, 1.54) is 18.2 Å². The quantitative estimate of drug-likeness (QED) is 0.758. The number of carbonyl (C=O) groups is 1. The second-order valence-electron chi connectivity index (χ2n) is 4.01. The van der Waals surface area contributed by atoms with Crippen LogP contribution in [0.15, 0.2) is 46.9 Å². The van der Waals surface area contributed by atoms with Gasteiger partial charge >= 0.3 is 5.97 Å². The molecule has 2 aromatic carbocycles. The first-order chi connectivity index (χ1) is 9.97. The largest absolute Gasteiger partial charge is 0.478 e. The molecule has 0 saturated carbocycles. The molecule has 6 heteroatoms. The van der Waals surface area contributed by atoms with Crippen LogP contribution in [0.3, 0.4) is 0 Å². The molecule has 0 atom stereocenters. The van der Waals surface area contributed by atoms with Gasteiger partial charge in [0.15, 0.2) is 11.6 Å². The molecule has 2 aromatic rings. The number of benzene rings is 2. The van der Waals surface area contributed by atoms with E-state index in [0.717, 1.165) is 6.08 Å². The van der Waals surface area contributed by atoms with Crippen molar-refractivity contribution < 1.29 is 19.0 Å². The standard InChI is InChI=1S/C15H9BrClFO3/c16-11-8-10(6-4-9(11)5-7-14(19)20)21-13-3-1-2-12(17)15(13)18/h1-8H,(H,19,20)/b7-5+. The third-order valence-electron chi connectivity index (χ3n) is 2.52. The molecule has 108 valence electrons. The molecule has 0 bridgehead atoms. The zero-order valence-corrected chi connectivity index (χ0v) is 12.9. The summed E-state index contributed by atoms with van der Waals surface area (Å²) in [6.45, 7) is 0. The molecule has 0 aliphatic carbocycles. The summed E-state index contributed by atoms with van der Waals surface area (Å²) < 4.78 is 19.8. The number of carboxylic acid groups (broad SMARTS) is 1. The predicted molar refractivity (Wildman–Crippen MR) is 82.3 cm³/mol. The Morgan fingerprint density at radius 2 is 2.10 bits per heavy atom. The maximum Gasteiger partial charge on any atom is 0.328 e. The maximum absolute atomic E-state index is 13.7. The van der Waals surface area contributed by atoms with Gasteiger partial charge in [-0.05, 0) is 35.9 Å². The SMILES string of the molecule is O=C(O)/C=C/c1ccc(Oc2cccc(Cl)c2F)cc1Br. The maximum atomic E-state index is 13.7. The number of carboxylic acids is 1. The van der Waals surface area contributed by atoms with Crippen LogP contribution in [0.2, 0.25) is 5.02 Å². The van der Waals surface area contributed by atoms with Gasteiger partial charge in [0.05, 0.1) is 5.02 Å². The van der Waals surface area contributed by atoms with Crippen LogP contribution in [0.4, 0.5) is 4.39 Å². The zero-order valence-electron chi connectivity index (χ0n) is 10.5. The lowest BCUT2D eigenvalue weighted by molar-refractivity contribution is -0.131. The fourth-order valence-electron chi connectivity index (χ4n) is 1.56. The minimum atomic E-state index is -1.04. The van der Waals surface area contributed by atoms with E-state index in [1.54, 1.807) is 24.3 Å². The Balaban J connectivity index is 2.24. The Morgan fingerprint density at radius 3 is 2.76 bits per heavy atom. The molecule has 0 aromatic heterocycles. The number of aliphatic carboxylic acids is 1. The number of rotatable bonds is 4. The predicted octanol–water partition coefficient (Wildman–Crippen LogP) is 5.13. The van der Waals surface area contributed by atoms with Gasteiger partial charge in [0, 0.05) is 10.5 Å². The molecule has 2 rings (SSSR count). The molecule has 0 amide bonds. The smallest absolute Gasteiger partial charge is 0.328 e. The highest BCUT2D eigenvalue weighted by Crippen LogP contribution is 2.31. The van der Waals surface area contributed by atoms with Crippen LogP contribution in [0, 0.1) is 5.82 Å². The van der Waals surface area contributed by atoms with Gasteiger partial charge in [-0.2, -0.15) is 0 Å². The van der Waals surface area contributed by atoms with Gasteiger partial charge in [-0.3, -0.25) is 0 Å². The molecule has 0 fully saturated rings. The minimum absolute atomic E-state index is 0.0169. The van der Waals surface area contributed by atoms with E-state index in [2.05, 4.69) is 15.9 Å². The average molecular weight is 372 g/mol. The van der Waals surface area contributed by atoms with Gasteiger partial charge in [0.2, 0.25) is 0 Å². The molecule has 0 aliphatic rings. The van der Waals surface area contributed by atoms with Gasteiger partial charge in [0.25, 0.3) is 0 Å². The highest BCUT2D eigenvalue weighted by atomic mass is 79.9. The normalized spacial score (nSPS) is 10.8. The molecule has 0 saturated heterocycles. The van der Waals surface area contributed by atoms with Crippen LogP contribution >= 0.6 is 27.5 Å². The molecule has 0 aliphatic heterocycles. The van der Waals surface area contributed by atoms with Gasteiger partial charge < -0.3 is 9.84 Å². The Kier molecular flexibility index (Phi) is 4.98. The lowest BCUT2D eigenvalue weighted by atomic mass is 10.2. The van der Waals surface area contributed by atoms with E-state index in [4.69, 9.17) is 21.4 Å². The Labute approximate surface area is 133 Å². The van der Waals surface area contributed by atoms with Crippen LogP contribution in [0.25, 0.3) is 6.08 Å². The van der Waals surface area contributed by atoms with Crippen molar-refractivity contribution in [2.75, 3.05) is 0 Å². The average Bonchev–Trinajstić information content (AvgIpc) is 2.43. The summed E-state index contributed by atoms with van der Waals surface area (Å²) in [5.74, 6) is -1.26. The second-order valence-corrected chi connectivity index (χ2v) is 5.27. The van der Waals surface area contributed by atoms with Gasteiger partial charge in [-0.1, -0.05) is 39.7 Å². The first-order valence-corrected chi connectivity index (χ1v) is 6.97. The van der Waals surface area contributed by atoms with Gasteiger partial charge in [0.1, 0.15) is 5.75 Å². The Hall–Kier alpha value is -1.85. The third kappa shape index (κ3) is 4.06. The summed E-state index contributed by atoms with van der Waals surface area (Å²) in [7, 11) is 0. The van der Waals surface area contributed by atoms with E-state index in [0.29, 0.717) is 15.8 Å². The second kappa shape index (κ2) is 6.74. The molecular weight excluding hydrogens is 363 g/mol. The zero-order chi connectivity index (χ0) is 15.4. The first kappa shape index (κ1) is 15.5. The molecule has 1 N–H and O–H groups in total. The monoisotopic (exact) mass is 370 g/mol. The van der Waals surface area contributed by atoms with Crippen molar-refractivity contribution in [3.05, 3.63) is 63.4 Å². The molecule has 0 heterocycles. The molecular formula is C15H9BrClFO3. The van der Waals surface area contributed by atoms with E-state index < -0.39 is 11.8 Å². The van der Waals surface area contributed by atoms with E-state index >= 15 is 0 Å². The molecule has 21 heavy (non-hydrogen) atoms. The van der Waals surface area contributed by atoms with Crippen LogP contribution < -0.4 is 4.74 Å². The summed E-state index contributed by atoms with van der Waals surface area (Å²) >= 11 is 8.98. The summed E-state index contributed by atoms with van der Waals surface area (Å²) in [6, 6.07) is 9.35. The van der Waals surface area contributed by atoms with Crippen LogP contribution in [-0.4, -0.2) is 11.1 Å². The van der Waals surface area contributed by atoms with Crippen molar-refractivity contribution in [3.8, 4) is 11.5 Å². The molecule has 3 nitrogen and oxygen atoms in total. The van der Waals surface area contributed by atoms with Crippen molar-refractivity contribution >= 4 is 39.6 Å². The molecule has 0 spiro atoms. The van der Waals surface area contributed by atoms with Gasteiger partial charge in [-0.25, -0.2) is 9.18 Å². The molecule has 0 unspecified atom stereocenters. The van der Waals surface area contributed by atoms with E-state index in [9.17, 15) is 9.18 Å². The third-order valence-corrected chi connectivity index (χ3v) is 3.50. The van der Waals surface area contributed by atoms with Crippen molar-refractivity contribution in [2.24, 2.45) is 0 Å². The summed E-state index contributed by atoms with van der Waals surface area (Å²) in [4.78, 5) is 10.5. The van der Waals surface area contributed by atoms with Crippen LogP contribution in [0.1, 0.15) is 5.56 Å². The number of ether oxygens (including phenoxy) is 1. The van der Waals surface area contributed by atoms with E-state index in [-0.39, 0.29) is 10.8 Å². The summed E-state index contributed by atoms with van der Waals surface area (Å²) in [5.41, 5.74) is 0.663. The Morgan fingerprint density at radius 1 is 1.33 bits per heavy atom.